The Morgan fingerprint density at radius 1 is 1.07 bits per heavy atom. The number of benzene rings is 2. The third-order valence-electron chi connectivity index (χ3n) is 5.10. The zero-order valence-corrected chi connectivity index (χ0v) is 17.9. The van der Waals surface area contributed by atoms with Crippen LogP contribution in [0.3, 0.4) is 0 Å². The molecule has 1 N–H and O–H groups in total. The number of anilines is 1. The number of carbonyl (C=O) groups excluding carboxylic acids is 1. The minimum atomic E-state index is -0.207. The van der Waals surface area contributed by atoms with Gasteiger partial charge in [0.05, 0.1) is 30.7 Å². The van der Waals surface area contributed by atoms with Crippen LogP contribution in [0.4, 0.5) is 5.69 Å². The molecule has 0 aliphatic carbocycles. The number of nitrogens with one attached hydrogen (secondary N) is 1. The smallest absolute Gasteiger partial charge is 0.255 e. The Morgan fingerprint density at radius 3 is 2.39 bits per heavy atom. The Hall–Kier alpha value is -1.59. The topological polar surface area (TPSA) is 38.3 Å². The molecule has 0 saturated carbocycles. The van der Waals surface area contributed by atoms with Crippen molar-refractivity contribution >= 4 is 34.8 Å². The number of amides is 1. The minimum absolute atomic E-state index is 0.207. The van der Waals surface area contributed by atoms with E-state index in [1.807, 2.05) is 12.1 Å². The Balaban J connectivity index is 1.58. The number of nitrogens with zero attached hydrogens (tertiary/aromatic N) is 1. The van der Waals surface area contributed by atoms with Gasteiger partial charge in [0.1, 0.15) is 6.54 Å². The first-order chi connectivity index (χ1) is 13.3. The number of hydrogen-bond donors (Lipinski definition) is 1. The van der Waals surface area contributed by atoms with E-state index in [0.29, 0.717) is 15.6 Å². The second-order valence-corrected chi connectivity index (χ2v) is 8.93. The molecule has 2 aromatic rings. The molecule has 1 aliphatic rings. The molecule has 1 aliphatic heterocycles. The Kier molecular flexibility index (Phi) is 7.00. The van der Waals surface area contributed by atoms with Crippen LogP contribution in [0.2, 0.25) is 10.0 Å². The van der Waals surface area contributed by atoms with Gasteiger partial charge in [-0.15, -0.1) is 0 Å². The van der Waals surface area contributed by atoms with E-state index in [4.69, 9.17) is 27.9 Å². The van der Waals surface area contributed by atoms with Crippen LogP contribution in [0, 0.1) is 5.92 Å². The molecule has 28 heavy (non-hydrogen) atoms. The average Bonchev–Trinajstić information content (AvgIpc) is 2.65. The molecule has 1 amide bonds. The van der Waals surface area contributed by atoms with Gasteiger partial charge in [-0.2, -0.15) is 0 Å². The molecular weight excluding hydrogens is 395 g/mol. The van der Waals surface area contributed by atoms with Crippen molar-refractivity contribution in [1.82, 2.24) is 0 Å². The van der Waals surface area contributed by atoms with Crippen molar-refractivity contribution in [2.45, 2.75) is 19.4 Å². The van der Waals surface area contributed by atoms with Crippen LogP contribution >= 0.6 is 23.2 Å². The van der Waals surface area contributed by atoms with Gasteiger partial charge in [0, 0.05) is 35.9 Å². The van der Waals surface area contributed by atoms with E-state index in [2.05, 4.69) is 31.5 Å². The van der Waals surface area contributed by atoms with Crippen molar-refractivity contribution in [1.29, 1.82) is 0 Å². The van der Waals surface area contributed by atoms with Crippen molar-refractivity contribution < 1.29 is 14.0 Å². The molecule has 1 saturated heterocycles. The maximum atomic E-state index is 12.4. The molecule has 0 aromatic heterocycles. The highest BCUT2D eigenvalue weighted by Crippen LogP contribution is 2.24. The Bertz CT molecular complexity index is 816. The second-order valence-electron chi connectivity index (χ2n) is 8.11. The lowest BCUT2D eigenvalue weighted by molar-refractivity contribution is -0.907. The molecule has 1 fully saturated rings. The van der Waals surface area contributed by atoms with Gasteiger partial charge in [0.2, 0.25) is 0 Å². The van der Waals surface area contributed by atoms with E-state index in [1.54, 1.807) is 18.2 Å². The molecule has 0 radical (unpaired) electrons. The summed E-state index contributed by atoms with van der Waals surface area (Å²) in [5.74, 6) is 0.524. The quantitative estimate of drug-likeness (QED) is 0.646. The molecule has 1 heterocycles. The van der Waals surface area contributed by atoms with E-state index in [-0.39, 0.29) is 5.91 Å². The lowest BCUT2D eigenvalue weighted by Crippen LogP contribution is -2.43. The highest BCUT2D eigenvalue weighted by molar-refractivity contribution is 6.42. The van der Waals surface area contributed by atoms with Crippen LogP contribution in [-0.2, 0) is 11.3 Å². The van der Waals surface area contributed by atoms with E-state index < -0.39 is 0 Å². The zero-order valence-electron chi connectivity index (χ0n) is 16.4. The molecule has 4 nitrogen and oxygen atoms in total. The molecule has 0 spiro atoms. The highest BCUT2D eigenvalue weighted by atomic mass is 35.5. The van der Waals surface area contributed by atoms with Gasteiger partial charge in [0.25, 0.3) is 5.91 Å². The van der Waals surface area contributed by atoms with Crippen LogP contribution in [0.25, 0.3) is 0 Å². The molecule has 2 aromatic carbocycles. The van der Waals surface area contributed by atoms with Crippen LogP contribution in [-0.4, -0.2) is 44.2 Å². The van der Waals surface area contributed by atoms with Crippen molar-refractivity contribution in [2.75, 3.05) is 39.2 Å². The predicted molar refractivity (Wildman–Crippen MR) is 115 cm³/mol. The van der Waals surface area contributed by atoms with E-state index in [9.17, 15) is 4.79 Å². The SMILES string of the molecule is C[N+](C)(Cc1ccc(NC(=O)c2ccc(Cl)c(Cl)c2)cc1)CC1CCOCC1. The summed E-state index contributed by atoms with van der Waals surface area (Å²) in [7, 11) is 4.55. The summed E-state index contributed by atoms with van der Waals surface area (Å²) < 4.78 is 6.41. The summed E-state index contributed by atoms with van der Waals surface area (Å²) in [4.78, 5) is 12.4. The van der Waals surface area contributed by atoms with Crippen LogP contribution < -0.4 is 5.32 Å². The summed E-state index contributed by atoms with van der Waals surface area (Å²) in [6.45, 7) is 3.88. The van der Waals surface area contributed by atoms with Crippen LogP contribution in [0.5, 0.6) is 0 Å². The fraction of sp³-hybridized carbons (Fsp3) is 0.409. The first-order valence-corrected chi connectivity index (χ1v) is 10.3. The first kappa shape index (κ1) is 21.1. The largest absolute Gasteiger partial charge is 0.381 e. The normalized spacial score (nSPS) is 15.4. The third kappa shape index (κ3) is 5.95. The van der Waals surface area contributed by atoms with Crippen LogP contribution in [0.15, 0.2) is 42.5 Å². The third-order valence-corrected chi connectivity index (χ3v) is 5.84. The van der Waals surface area contributed by atoms with E-state index in [0.717, 1.165) is 55.2 Å². The number of halogens is 2. The van der Waals surface area contributed by atoms with Gasteiger partial charge in [-0.3, -0.25) is 4.79 Å². The van der Waals surface area contributed by atoms with Crippen molar-refractivity contribution in [3.05, 3.63) is 63.6 Å². The lowest BCUT2D eigenvalue weighted by atomic mass is 9.98. The van der Waals surface area contributed by atoms with Crippen molar-refractivity contribution in [3.8, 4) is 0 Å². The fourth-order valence-electron chi connectivity index (χ4n) is 3.72. The number of carbonyl (C=O) groups is 1. The average molecular weight is 422 g/mol. The molecule has 0 unspecified atom stereocenters. The van der Waals surface area contributed by atoms with Gasteiger partial charge in [-0.05, 0) is 43.2 Å². The maximum absolute atomic E-state index is 12.4. The van der Waals surface area contributed by atoms with Crippen molar-refractivity contribution in [2.24, 2.45) is 5.92 Å². The zero-order chi connectivity index (χ0) is 20.1. The standard InChI is InChI=1S/C22H26Cl2N2O2/c1-26(2,15-17-9-11-28-12-10-17)14-16-3-6-19(7-4-16)25-22(27)18-5-8-20(23)21(24)13-18/h3-8,13,17H,9-12,14-15H2,1-2H3/p+1. The molecule has 0 bridgehead atoms. The monoisotopic (exact) mass is 421 g/mol. The number of ether oxygens (including phenoxy) is 1. The van der Waals surface area contributed by atoms with Crippen LogP contribution in [0.1, 0.15) is 28.8 Å². The Labute approximate surface area is 177 Å². The van der Waals surface area contributed by atoms with E-state index >= 15 is 0 Å². The predicted octanol–water partition coefficient (Wildman–Crippen LogP) is 5.25. The van der Waals surface area contributed by atoms with E-state index in [1.165, 1.54) is 5.56 Å². The first-order valence-electron chi connectivity index (χ1n) is 9.57. The lowest BCUT2D eigenvalue weighted by Gasteiger charge is -2.35. The van der Waals surface area contributed by atoms with Gasteiger partial charge in [-0.1, -0.05) is 35.3 Å². The summed E-state index contributed by atoms with van der Waals surface area (Å²) in [5.41, 5.74) is 2.49. The van der Waals surface area contributed by atoms with Crippen molar-refractivity contribution in [3.63, 3.8) is 0 Å². The summed E-state index contributed by atoms with van der Waals surface area (Å²) in [6.07, 6.45) is 2.31. The maximum Gasteiger partial charge on any atom is 0.255 e. The van der Waals surface area contributed by atoms with Gasteiger partial charge < -0.3 is 14.5 Å². The highest BCUT2D eigenvalue weighted by Gasteiger charge is 2.24. The molecule has 6 heteroatoms. The molecule has 150 valence electrons. The number of hydrogen-bond acceptors (Lipinski definition) is 2. The van der Waals surface area contributed by atoms with Gasteiger partial charge in [0.15, 0.2) is 0 Å². The van der Waals surface area contributed by atoms with Gasteiger partial charge >= 0.3 is 0 Å². The summed E-state index contributed by atoms with van der Waals surface area (Å²) in [5, 5.41) is 3.70. The van der Waals surface area contributed by atoms with Gasteiger partial charge in [-0.25, -0.2) is 0 Å². The molecule has 0 atom stereocenters. The molecular formula is C22H27Cl2N2O2+. The number of rotatable bonds is 6. The minimum Gasteiger partial charge on any atom is -0.381 e. The second kappa shape index (κ2) is 9.27. The summed E-state index contributed by atoms with van der Waals surface area (Å²) in [6, 6.07) is 12.9. The number of quaternary nitrogens is 1. The Morgan fingerprint density at radius 2 is 1.75 bits per heavy atom. The fourth-order valence-corrected chi connectivity index (χ4v) is 4.02. The molecule has 3 rings (SSSR count). The summed E-state index contributed by atoms with van der Waals surface area (Å²) >= 11 is 11.9.